The minimum atomic E-state index is -0.407. The average molecular weight is 230 g/mol. The van der Waals surface area contributed by atoms with Crippen molar-refractivity contribution in [3.8, 4) is 5.88 Å². The summed E-state index contributed by atoms with van der Waals surface area (Å²) in [6.07, 6.45) is 6.02. The van der Waals surface area contributed by atoms with E-state index in [1.807, 2.05) is 6.92 Å². The molecule has 2 aromatic rings. The normalized spacial score (nSPS) is 10.0. The van der Waals surface area contributed by atoms with Gasteiger partial charge in [0.2, 0.25) is 11.7 Å². The van der Waals surface area contributed by atoms with Gasteiger partial charge in [-0.1, -0.05) is 0 Å². The monoisotopic (exact) mass is 230 g/mol. The summed E-state index contributed by atoms with van der Waals surface area (Å²) in [5.74, 6) is -0.161. The van der Waals surface area contributed by atoms with Crippen molar-refractivity contribution < 1.29 is 9.53 Å². The molecule has 0 aliphatic heterocycles. The van der Waals surface area contributed by atoms with Gasteiger partial charge in [-0.15, -0.1) is 0 Å². The van der Waals surface area contributed by atoms with E-state index in [-0.39, 0.29) is 17.4 Å². The molecule has 0 fully saturated rings. The molecule has 17 heavy (non-hydrogen) atoms. The Hall–Kier alpha value is -2.37. The Morgan fingerprint density at radius 2 is 1.76 bits per heavy atom. The Morgan fingerprint density at radius 3 is 2.41 bits per heavy atom. The van der Waals surface area contributed by atoms with E-state index in [9.17, 15) is 4.79 Å². The second-order valence-electron chi connectivity index (χ2n) is 3.33. The van der Waals surface area contributed by atoms with Crippen LogP contribution in [0, 0.1) is 6.92 Å². The van der Waals surface area contributed by atoms with Crippen LogP contribution >= 0.6 is 0 Å². The molecular weight excluding hydrogens is 220 g/mol. The van der Waals surface area contributed by atoms with Gasteiger partial charge in [0.25, 0.3) is 5.78 Å². The maximum absolute atomic E-state index is 12.0. The number of rotatable bonds is 3. The number of nitrogens with zero attached hydrogens (tertiary/aromatic N) is 4. The molecule has 2 rings (SSSR count). The van der Waals surface area contributed by atoms with Crippen LogP contribution in [0.3, 0.4) is 0 Å². The summed E-state index contributed by atoms with van der Waals surface area (Å²) in [6, 6.07) is 0. The van der Waals surface area contributed by atoms with Crippen LogP contribution in [0.4, 0.5) is 0 Å². The van der Waals surface area contributed by atoms with E-state index in [4.69, 9.17) is 4.74 Å². The van der Waals surface area contributed by atoms with Crippen LogP contribution in [0.2, 0.25) is 0 Å². The number of ether oxygens (including phenoxy) is 1. The number of aromatic nitrogens is 4. The first-order valence-corrected chi connectivity index (χ1v) is 4.90. The molecule has 0 unspecified atom stereocenters. The van der Waals surface area contributed by atoms with E-state index >= 15 is 0 Å². The molecule has 6 nitrogen and oxygen atoms in total. The summed E-state index contributed by atoms with van der Waals surface area (Å²) in [5, 5.41) is 0. The molecule has 2 heterocycles. The zero-order chi connectivity index (χ0) is 12.3. The Kier molecular flexibility index (Phi) is 3.04. The third kappa shape index (κ3) is 2.25. The molecule has 86 valence electrons. The third-order valence-electron chi connectivity index (χ3n) is 2.06. The molecule has 0 bridgehead atoms. The lowest BCUT2D eigenvalue weighted by molar-refractivity contribution is 0.102. The summed E-state index contributed by atoms with van der Waals surface area (Å²) < 4.78 is 4.96. The largest absolute Gasteiger partial charge is 0.479 e. The summed E-state index contributed by atoms with van der Waals surface area (Å²) in [5.41, 5.74) is 0.992. The SMILES string of the molecule is COc1nccnc1C(=O)c1ncc(C)cn1. The number of carbonyl (C=O) groups is 1. The van der Waals surface area contributed by atoms with Gasteiger partial charge in [0.05, 0.1) is 7.11 Å². The first-order valence-electron chi connectivity index (χ1n) is 4.90. The van der Waals surface area contributed by atoms with Gasteiger partial charge in [-0.05, 0) is 12.5 Å². The third-order valence-corrected chi connectivity index (χ3v) is 2.06. The van der Waals surface area contributed by atoms with Crippen molar-refractivity contribution in [2.45, 2.75) is 6.92 Å². The predicted molar refractivity (Wildman–Crippen MR) is 58.8 cm³/mol. The van der Waals surface area contributed by atoms with Crippen LogP contribution in [0.1, 0.15) is 21.9 Å². The summed E-state index contributed by atoms with van der Waals surface area (Å²) >= 11 is 0. The standard InChI is InChI=1S/C11H10N4O2/c1-7-5-14-10(15-6-7)9(16)8-11(17-2)13-4-3-12-8/h3-6H,1-2H3. The lowest BCUT2D eigenvalue weighted by atomic mass is 10.2. The number of aryl methyl sites for hydroxylation is 1. The lowest BCUT2D eigenvalue weighted by Gasteiger charge is -2.03. The number of ketones is 1. The maximum atomic E-state index is 12.0. The summed E-state index contributed by atoms with van der Waals surface area (Å²) in [6.45, 7) is 1.84. The van der Waals surface area contributed by atoms with Gasteiger partial charge in [-0.25, -0.2) is 19.9 Å². The van der Waals surface area contributed by atoms with Crippen LogP contribution in [-0.4, -0.2) is 32.8 Å². The first kappa shape index (κ1) is 11.1. The molecule has 0 aromatic carbocycles. The molecule has 0 atom stereocenters. The van der Waals surface area contributed by atoms with E-state index in [1.165, 1.54) is 19.5 Å². The van der Waals surface area contributed by atoms with Crippen LogP contribution in [0.25, 0.3) is 0 Å². The van der Waals surface area contributed by atoms with Gasteiger partial charge in [0.1, 0.15) is 0 Å². The molecule has 0 aliphatic rings. The van der Waals surface area contributed by atoms with Crippen LogP contribution in [-0.2, 0) is 0 Å². The van der Waals surface area contributed by atoms with Crippen molar-refractivity contribution in [1.82, 2.24) is 19.9 Å². The topological polar surface area (TPSA) is 77.9 Å². The predicted octanol–water partition coefficient (Wildman–Crippen LogP) is 0.815. The molecular formula is C11H10N4O2. The van der Waals surface area contributed by atoms with Crippen LogP contribution < -0.4 is 4.74 Å². The van der Waals surface area contributed by atoms with E-state index in [2.05, 4.69) is 19.9 Å². The highest BCUT2D eigenvalue weighted by Gasteiger charge is 2.19. The molecule has 2 aromatic heterocycles. The molecule has 0 N–H and O–H groups in total. The van der Waals surface area contributed by atoms with Gasteiger partial charge in [0, 0.05) is 24.8 Å². The molecule has 0 radical (unpaired) electrons. The number of carbonyl (C=O) groups excluding carboxylic acids is 1. The van der Waals surface area contributed by atoms with Gasteiger partial charge < -0.3 is 4.74 Å². The molecule has 0 aliphatic carbocycles. The quantitative estimate of drug-likeness (QED) is 0.726. The van der Waals surface area contributed by atoms with Crippen molar-refractivity contribution in [3.63, 3.8) is 0 Å². The minimum absolute atomic E-state index is 0.0781. The Labute approximate surface area is 97.7 Å². The first-order chi connectivity index (χ1) is 8.22. The van der Waals surface area contributed by atoms with Crippen molar-refractivity contribution >= 4 is 5.78 Å². The van der Waals surface area contributed by atoms with Crippen molar-refractivity contribution in [2.75, 3.05) is 7.11 Å². The second-order valence-corrected chi connectivity index (χ2v) is 3.33. The zero-order valence-electron chi connectivity index (χ0n) is 9.41. The molecule has 0 spiro atoms. The van der Waals surface area contributed by atoms with Crippen LogP contribution in [0.15, 0.2) is 24.8 Å². The highest BCUT2D eigenvalue weighted by atomic mass is 16.5. The Morgan fingerprint density at radius 1 is 1.12 bits per heavy atom. The fourth-order valence-corrected chi connectivity index (χ4v) is 1.25. The van der Waals surface area contributed by atoms with Crippen molar-refractivity contribution in [2.24, 2.45) is 0 Å². The molecule has 6 heteroatoms. The zero-order valence-corrected chi connectivity index (χ0v) is 9.41. The average Bonchev–Trinajstić information content (AvgIpc) is 2.39. The molecule has 0 saturated heterocycles. The van der Waals surface area contributed by atoms with Gasteiger partial charge in [-0.2, -0.15) is 0 Å². The molecule has 0 saturated carbocycles. The fraction of sp³-hybridized carbons (Fsp3) is 0.182. The highest BCUT2D eigenvalue weighted by Crippen LogP contribution is 2.13. The Bertz CT molecular complexity index is 539. The van der Waals surface area contributed by atoms with Crippen LogP contribution in [0.5, 0.6) is 5.88 Å². The fourth-order valence-electron chi connectivity index (χ4n) is 1.25. The summed E-state index contributed by atoms with van der Waals surface area (Å²) in [7, 11) is 1.43. The van der Waals surface area contributed by atoms with Gasteiger partial charge >= 0.3 is 0 Å². The Balaban J connectivity index is 2.40. The van der Waals surface area contributed by atoms with Gasteiger partial charge in [0.15, 0.2) is 5.69 Å². The maximum Gasteiger partial charge on any atom is 0.254 e. The van der Waals surface area contributed by atoms with E-state index in [0.717, 1.165) is 5.56 Å². The summed E-state index contributed by atoms with van der Waals surface area (Å²) in [4.78, 5) is 27.8. The highest BCUT2D eigenvalue weighted by molar-refractivity contribution is 6.06. The lowest BCUT2D eigenvalue weighted by Crippen LogP contribution is -2.11. The minimum Gasteiger partial charge on any atom is -0.479 e. The molecule has 0 amide bonds. The second kappa shape index (κ2) is 4.65. The number of hydrogen-bond donors (Lipinski definition) is 0. The number of methoxy groups -OCH3 is 1. The van der Waals surface area contributed by atoms with Crippen molar-refractivity contribution in [3.05, 3.63) is 41.9 Å². The van der Waals surface area contributed by atoms with E-state index in [0.29, 0.717) is 0 Å². The van der Waals surface area contributed by atoms with Crippen molar-refractivity contribution in [1.29, 1.82) is 0 Å². The van der Waals surface area contributed by atoms with E-state index in [1.54, 1.807) is 12.4 Å². The van der Waals surface area contributed by atoms with E-state index < -0.39 is 5.78 Å². The number of hydrogen-bond acceptors (Lipinski definition) is 6. The smallest absolute Gasteiger partial charge is 0.254 e. The van der Waals surface area contributed by atoms with Gasteiger partial charge in [-0.3, -0.25) is 4.79 Å².